The van der Waals surface area contributed by atoms with E-state index in [0.29, 0.717) is 19.4 Å². The Bertz CT molecular complexity index is 1070. The minimum atomic E-state index is -0.848. The van der Waals surface area contributed by atoms with Crippen molar-refractivity contribution in [3.8, 4) is 11.1 Å². The Balaban J connectivity index is 1.20. The van der Waals surface area contributed by atoms with Crippen molar-refractivity contribution < 1.29 is 24.2 Å². The molecule has 2 unspecified atom stereocenters. The number of hydrogen-bond acceptors (Lipinski definition) is 4. The lowest BCUT2D eigenvalue weighted by Gasteiger charge is -2.38. The fraction of sp³-hybridized carbons (Fsp3) is 0.464. The molecule has 5 rings (SSSR count). The normalized spacial score (nSPS) is 20.3. The second-order valence-corrected chi connectivity index (χ2v) is 9.97. The molecule has 2 amide bonds. The van der Waals surface area contributed by atoms with Gasteiger partial charge in [-0.15, -0.1) is 0 Å². The van der Waals surface area contributed by atoms with E-state index >= 15 is 0 Å². The Morgan fingerprint density at radius 2 is 1.63 bits per heavy atom. The summed E-state index contributed by atoms with van der Waals surface area (Å²) < 4.78 is 5.64. The van der Waals surface area contributed by atoms with Gasteiger partial charge in [0.05, 0.1) is 11.8 Å². The van der Waals surface area contributed by atoms with Crippen LogP contribution in [0.5, 0.6) is 0 Å². The molecule has 35 heavy (non-hydrogen) atoms. The standard InChI is InChI=1S/C28H32N2O5/c31-26(30-14-6-9-19(16-30)27(32)33)24(18-7-5-8-18)15-29-28(34)35-17-25-22-12-3-1-10-20(22)21-11-2-4-13-23(21)25/h1-4,10-13,18-19,24-25H,5-9,14-17H2,(H,29,34)(H,32,33). The van der Waals surface area contributed by atoms with Gasteiger partial charge in [0.15, 0.2) is 0 Å². The van der Waals surface area contributed by atoms with Crippen LogP contribution in [-0.4, -0.2) is 54.2 Å². The predicted molar refractivity (Wildman–Crippen MR) is 131 cm³/mol. The highest BCUT2D eigenvalue weighted by molar-refractivity contribution is 5.82. The highest BCUT2D eigenvalue weighted by Crippen LogP contribution is 2.44. The van der Waals surface area contributed by atoms with Crippen molar-refractivity contribution >= 4 is 18.0 Å². The van der Waals surface area contributed by atoms with Crippen LogP contribution in [0.4, 0.5) is 4.79 Å². The summed E-state index contributed by atoms with van der Waals surface area (Å²) in [5, 5.41) is 12.2. The number of amides is 2. The van der Waals surface area contributed by atoms with Crippen molar-refractivity contribution in [1.82, 2.24) is 10.2 Å². The quantitative estimate of drug-likeness (QED) is 0.622. The summed E-state index contributed by atoms with van der Waals surface area (Å²) in [7, 11) is 0. The Morgan fingerprint density at radius 1 is 0.971 bits per heavy atom. The fourth-order valence-electron chi connectivity index (χ4n) is 5.75. The molecule has 7 nitrogen and oxygen atoms in total. The molecule has 2 atom stereocenters. The summed E-state index contributed by atoms with van der Waals surface area (Å²) in [5.74, 6) is -1.53. The molecular formula is C28H32N2O5. The number of hydrogen-bond donors (Lipinski definition) is 2. The average Bonchev–Trinajstić information content (AvgIpc) is 3.17. The van der Waals surface area contributed by atoms with Crippen molar-refractivity contribution in [1.29, 1.82) is 0 Å². The van der Waals surface area contributed by atoms with Crippen LogP contribution in [0.25, 0.3) is 11.1 Å². The van der Waals surface area contributed by atoms with E-state index < -0.39 is 18.0 Å². The van der Waals surface area contributed by atoms with Gasteiger partial charge < -0.3 is 20.1 Å². The van der Waals surface area contributed by atoms with Crippen LogP contribution in [0, 0.1) is 17.8 Å². The molecule has 0 aromatic heterocycles. The minimum Gasteiger partial charge on any atom is -0.481 e. The largest absolute Gasteiger partial charge is 0.481 e. The van der Waals surface area contributed by atoms with Gasteiger partial charge >= 0.3 is 12.1 Å². The third-order valence-corrected chi connectivity index (χ3v) is 7.93. The van der Waals surface area contributed by atoms with Gasteiger partial charge in [0.1, 0.15) is 6.61 Å². The fourth-order valence-corrected chi connectivity index (χ4v) is 5.75. The highest BCUT2D eigenvalue weighted by atomic mass is 16.5. The van der Waals surface area contributed by atoms with Crippen LogP contribution in [0.1, 0.15) is 49.1 Å². The molecule has 7 heteroatoms. The Morgan fingerprint density at radius 3 is 2.23 bits per heavy atom. The van der Waals surface area contributed by atoms with Crippen LogP contribution >= 0.6 is 0 Å². The lowest BCUT2D eigenvalue weighted by molar-refractivity contribution is -0.147. The molecule has 2 fully saturated rings. The summed E-state index contributed by atoms with van der Waals surface area (Å²) in [6.45, 7) is 1.28. The van der Waals surface area contributed by atoms with E-state index in [1.807, 2.05) is 24.3 Å². The van der Waals surface area contributed by atoms with Crippen molar-refractivity contribution in [2.45, 2.75) is 38.0 Å². The molecule has 1 saturated carbocycles. The zero-order chi connectivity index (χ0) is 24.4. The van der Waals surface area contributed by atoms with Crippen molar-refractivity contribution in [3.05, 3.63) is 59.7 Å². The number of likely N-dealkylation sites (tertiary alicyclic amines) is 1. The summed E-state index contributed by atoms with van der Waals surface area (Å²) >= 11 is 0. The number of rotatable bonds is 7. The maximum atomic E-state index is 13.3. The number of carboxylic acids is 1. The van der Waals surface area contributed by atoms with Crippen molar-refractivity contribution in [2.24, 2.45) is 17.8 Å². The molecule has 2 aromatic carbocycles. The van der Waals surface area contributed by atoms with Crippen LogP contribution < -0.4 is 5.32 Å². The number of nitrogens with one attached hydrogen (secondary N) is 1. The molecule has 0 bridgehead atoms. The number of ether oxygens (including phenoxy) is 1. The molecule has 0 radical (unpaired) electrons. The van der Waals surface area contributed by atoms with E-state index in [1.165, 1.54) is 11.1 Å². The second-order valence-electron chi connectivity index (χ2n) is 9.97. The minimum absolute atomic E-state index is 0.0153. The van der Waals surface area contributed by atoms with Gasteiger partial charge in [0.25, 0.3) is 0 Å². The molecule has 0 spiro atoms. The third-order valence-electron chi connectivity index (χ3n) is 7.93. The van der Waals surface area contributed by atoms with Crippen LogP contribution in [0.15, 0.2) is 48.5 Å². The summed E-state index contributed by atoms with van der Waals surface area (Å²) in [6.07, 6.45) is 3.77. The maximum absolute atomic E-state index is 13.3. The van der Waals surface area contributed by atoms with E-state index in [0.717, 1.165) is 30.4 Å². The smallest absolute Gasteiger partial charge is 0.407 e. The van der Waals surface area contributed by atoms with Gasteiger partial charge in [-0.05, 0) is 53.9 Å². The molecule has 1 aliphatic heterocycles. The number of nitrogens with zero attached hydrogens (tertiary/aromatic N) is 1. The Labute approximate surface area is 205 Å². The van der Waals surface area contributed by atoms with Crippen LogP contribution in [0.3, 0.4) is 0 Å². The molecule has 3 aliphatic rings. The number of fused-ring (bicyclic) bond motifs is 3. The second kappa shape index (κ2) is 10.1. The molecule has 1 heterocycles. The van der Waals surface area contributed by atoms with Crippen molar-refractivity contribution in [2.75, 3.05) is 26.2 Å². The number of alkyl carbamates (subject to hydrolysis) is 1. The first-order valence-corrected chi connectivity index (χ1v) is 12.6. The zero-order valence-electron chi connectivity index (χ0n) is 19.8. The number of carboxylic acid groups (broad SMARTS) is 1. The van der Waals surface area contributed by atoms with Gasteiger partial charge in [0, 0.05) is 25.6 Å². The SMILES string of the molecule is O=C(NCC(C(=O)N1CCCC(C(=O)O)C1)C1CCC1)OCC1c2ccccc2-c2ccccc21. The number of carbonyl (C=O) groups is 3. The first-order valence-electron chi connectivity index (χ1n) is 12.6. The van der Waals surface area contributed by atoms with Crippen LogP contribution in [-0.2, 0) is 14.3 Å². The number of benzene rings is 2. The Hall–Kier alpha value is -3.35. The maximum Gasteiger partial charge on any atom is 0.407 e. The van der Waals surface area contributed by atoms with E-state index in [4.69, 9.17) is 4.74 Å². The Kier molecular flexibility index (Phi) is 6.75. The zero-order valence-corrected chi connectivity index (χ0v) is 19.8. The first-order chi connectivity index (χ1) is 17.0. The van der Waals surface area contributed by atoms with E-state index in [9.17, 15) is 19.5 Å². The first kappa shape index (κ1) is 23.4. The number of piperidine rings is 1. The molecule has 184 valence electrons. The number of carbonyl (C=O) groups excluding carboxylic acids is 2. The van der Waals surface area contributed by atoms with Gasteiger partial charge in [-0.2, -0.15) is 0 Å². The molecule has 1 saturated heterocycles. The summed E-state index contributed by atoms with van der Waals surface area (Å²) in [6, 6.07) is 16.4. The molecule has 2 aliphatic carbocycles. The predicted octanol–water partition coefficient (Wildman–Crippen LogP) is 4.26. The van der Waals surface area contributed by atoms with Gasteiger partial charge in [-0.1, -0.05) is 55.0 Å². The monoisotopic (exact) mass is 476 g/mol. The van der Waals surface area contributed by atoms with E-state index in [1.54, 1.807) is 4.90 Å². The van der Waals surface area contributed by atoms with Crippen LogP contribution in [0.2, 0.25) is 0 Å². The van der Waals surface area contributed by atoms with E-state index in [2.05, 4.69) is 29.6 Å². The van der Waals surface area contributed by atoms with Gasteiger partial charge in [-0.25, -0.2) is 4.79 Å². The van der Waals surface area contributed by atoms with Gasteiger partial charge in [0.2, 0.25) is 5.91 Å². The topological polar surface area (TPSA) is 95.9 Å². The lowest BCUT2D eigenvalue weighted by Crippen LogP contribution is -2.50. The molecule has 2 N–H and O–H groups in total. The highest BCUT2D eigenvalue weighted by Gasteiger charge is 2.38. The summed E-state index contributed by atoms with van der Waals surface area (Å²) in [5.41, 5.74) is 4.66. The summed E-state index contributed by atoms with van der Waals surface area (Å²) in [4.78, 5) is 39.1. The molecular weight excluding hydrogens is 444 g/mol. The lowest BCUT2D eigenvalue weighted by atomic mass is 9.75. The van der Waals surface area contributed by atoms with Crippen molar-refractivity contribution in [3.63, 3.8) is 0 Å². The van der Waals surface area contributed by atoms with E-state index in [-0.39, 0.29) is 43.4 Å². The number of aliphatic carboxylic acids is 1. The van der Waals surface area contributed by atoms with Gasteiger partial charge in [-0.3, -0.25) is 9.59 Å². The average molecular weight is 477 g/mol. The molecule has 2 aromatic rings. The third kappa shape index (κ3) is 4.77.